The van der Waals surface area contributed by atoms with E-state index in [1.165, 1.54) is 22.5 Å². The van der Waals surface area contributed by atoms with E-state index in [2.05, 4.69) is 10.1 Å². The van der Waals surface area contributed by atoms with Crippen LogP contribution in [0.15, 0.2) is 41.6 Å². The minimum atomic E-state index is -1.06. The van der Waals surface area contributed by atoms with Gasteiger partial charge in [-0.05, 0) is 32.6 Å². The van der Waals surface area contributed by atoms with Crippen molar-refractivity contribution in [3.8, 4) is 0 Å². The molecule has 12 heteroatoms. The lowest BCUT2D eigenvalue weighted by Crippen LogP contribution is -2.41. The van der Waals surface area contributed by atoms with Crippen LogP contribution in [0, 0.1) is 0 Å². The largest absolute Gasteiger partial charge is 0.462 e. The predicted octanol–water partition coefficient (Wildman–Crippen LogP) is 2.85. The molecule has 196 valence electrons. The Hall–Kier alpha value is -3.03. The topological polar surface area (TPSA) is 136 Å². The van der Waals surface area contributed by atoms with Gasteiger partial charge < -0.3 is 29.4 Å². The third-order valence-corrected chi connectivity index (χ3v) is 6.79. The summed E-state index contributed by atoms with van der Waals surface area (Å²) >= 11 is 1.25. The van der Waals surface area contributed by atoms with Gasteiger partial charge in [-0.25, -0.2) is 9.78 Å². The minimum absolute atomic E-state index is 0.0190. The number of esters is 1. The van der Waals surface area contributed by atoms with Crippen molar-refractivity contribution in [2.45, 2.75) is 62.8 Å². The Morgan fingerprint density at radius 1 is 1.22 bits per heavy atom. The molecule has 0 radical (unpaired) electrons. The van der Waals surface area contributed by atoms with Gasteiger partial charge in [0.2, 0.25) is 0 Å². The zero-order valence-corrected chi connectivity index (χ0v) is 21.7. The van der Waals surface area contributed by atoms with Gasteiger partial charge >= 0.3 is 5.97 Å². The molecule has 2 aliphatic heterocycles. The van der Waals surface area contributed by atoms with Crippen LogP contribution in [-0.2, 0) is 30.3 Å². The molecule has 0 aliphatic carbocycles. The second-order valence-corrected chi connectivity index (χ2v) is 9.84. The van der Waals surface area contributed by atoms with E-state index in [1.807, 2.05) is 30.3 Å². The van der Waals surface area contributed by atoms with Crippen LogP contribution in [0.25, 0.3) is 5.65 Å². The molecule has 0 unspecified atom stereocenters. The Morgan fingerprint density at radius 2 is 1.97 bits per heavy atom. The highest BCUT2D eigenvalue weighted by Gasteiger charge is 2.57. The average Bonchev–Trinajstić information content (AvgIpc) is 3.51. The number of Topliss-reactive ketones (excluding diaryl/α,β-unsaturated/α-hetero) is 1. The number of aromatic nitrogens is 3. The van der Waals surface area contributed by atoms with Crippen molar-refractivity contribution in [3.05, 3.63) is 53.2 Å². The van der Waals surface area contributed by atoms with Crippen LogP contribution in [0.2, 0.25) is 0 Å². The molecular weight excluding hydrogens is 500 g/mol. The number of nitrogen functional groups attached to an aromatic ring is 1. The fourth-order valence-electron chi connectivity index (χ4n) is 4.49. The molecular formula is C25H28N4O7S. The lowest BCUT2D eigenvalue weighted by Gasteiger charge is -2.25. The summed E-state index contributed by atoms with van der Waals surface area (Å²) in [6.07, 6.45) is -0.132. The zero-order valence-electron chi connectivity index (χ0n) is 20.9. The summed E-state index contributed by atoms with van der Waals surface area (Å²) in [4.78, 5) is 30.6. The van der Waals surface area contributed by atoms with Gasteiger partial charge in [-0.3, -0.25) is 4.79 Å². The molecule has 0 bridgehead atoms. The number of benzene rings is 1. The predicted molar refractivity (Wildman–Crippen MR) is 133 cm³/mol. The van der Waals surface area contributed by atoms with E-state index in [9.17, 15) is 9.59 Å². The molecule has 1 aromatic carbocycles. The number of hydrogen-bond donors (Lipinski definition) is 1. The van der Waals surface area contributed by atoms with Crippen LogP contribution < -0.4 is 5.73 Å². The van der Waals surface area contributed by atoms with Gasteiger partial charge in [0.15, 0.2) is 29.6 Å². The summed E-state index contributed by atoms with van der Waals surface area (Å²) in [5.74, 6) is -1.89. The van der Waals surface area contributed by atoms with Gasteiger partial charge in [-0.2, -0.15) is 9.61 Å². The first-order valence-electron chi connectivity index (χ1n) is 11.8. The van der Waals surface area contributed by atoms with Crippen molar-refractivity contribution in [1.29, 1.82) is 0 Å². The van der Waals surface area contributed by atoms with E-state index < -0.39 is 42.1 Å². The Kier molecular flexibility index (Phi) is 6.94. The molecule has 2 saturated heterocycles. The summed E-state index contributed by atoms with van der Waals surface area (Å²) in [5.41, 5.74) is 7.80. The first-order valence-corrected chi connectivity index (χ1v) is 13.1. The van der Waals surface area contributed by atoms with Crippen molar-refractivity contribution in [3.63, 3.8) is 0 Å². The molecule has 2 fully saturated rings. The highest BCUT2D eigenvalue weighted by molar-refractivity contribution is 7.98. The highest BCUT2D eigenvalue weighted by atomic mass is 32.2. The lowest BCUT2D eigenvalue weighted by atomic mass is 10.0. The number of anilines is 1. The van der Waals surface area contributed by atoms with Gasteiger partial charge in [-0.1, -0.05) is 30.3 Å². The van der Waals surface area contributed by atoms with E-state index in [1.54, 1.807) is 27.0 Å². The normalized spacial score (nSPS) is 24.3. The molecule has 0 amide bonds. The summed E-state index contributed by atoms with van der Waals surface area (Å²) in [6.45, 7) is 5.71. The molecule has 0 saturated carbocycles. The smallest absolute Gasteiger partial charge is 0.344 e. The zero-order chi connectivity index (χ0) is 26.3. The molecule has 2 N–H and O–H groups in total. The Bertz CT molecular complexity index is 1330. The number of fused-ring (bicyclic) bond motifs is 2. The number of nitrogens with two attached hydrogens (primary N) is 1. The summed E-state index contributed by atoms with van der Waals surface area (Å²) < 4.78 is 30.5. The molecule has 0 spiro atoms. The number of carbonyl (C=O) groups excluding carboxylic acids is 2. The molecule has 37 heavy (non-hydrogen) atoms. The SMILES string of the molecule is CCOC(=O)c1c(SC)nn2c(N)c(C(=O)[C@H]3O[C@@H]4OC(C)(C)O[C@@H]4[C@H]3OCc3ccccc3)cnc12. The van der Waals surface area contributed by atoms with Crippen molar-refractivity contribution < 1.29 is 33.3 Å². The maximum absolute atomic E-state index is 13.7. The van der Waals surface area contributed by atoms with E-state index in [0.29, 0.717) is 5.03 Å². The average molecular weight is 529 g/mol. The van der Waals surface area contributed by atoms with Crippen molar-refractivity contribution in [2.75, 3.05) is 18.6 Å². The molecule has 5 rings (SSSR count). The van der Waals surface area contributed by atoms with Crippen LogP contribution in [0.1, 0.15) is 47.1 Å². The number of carbonyl (C=O) groups is 2. The summed E-state index contributed by atoms with van der Waals surface area (Å²) in [5, 5.41) is 4.78. The summed E-state index contributed by atoms with van der Waals surface area (Å²) in [6, 6.07) is 9.59. The van der Waals surface area contributed by atoms with Gasteiger partial charge in [0.1, 0.15) is 28.6 Å². The third-order valence-electron chi connectivity index (χ3n) is 6.12. The third kappa shape index (κ3) is 4.71. The molecule has 3 aromatic rings. The number of rotatable bonds is 8. The van der Waals surface area contributed by atoms with Crippen LogP contribution in [0.4, 0.5) is 5.82 Å². The van der Waals surface area contributed by atoms with Gasteiger partial charge in [0.05, 0.1) is 18.8 Å². The minimum Gasteiger partial charge on any atom is -0.462 e. The first-order chi connectivity index (χ1) is 17.7. The Balaban J connectivity index is 1.47. The lowest BCUT2D eigenvalue weighted by molar-refractivity contribution is -0.212. The monoisotopic (exact) mass is 528 g/mol. The van der Waals surface area contributed by atoms with Crippen LogP contribution in [-0.4, -0.2) is 69.6 Å². The number of thioether (sulfide) groups is 1. The van der Waals surface area contributed by atoms with Crippen molar-refractivity contribution in [1.82, 2.24) is 14.6 Å². The fraction of sp³-hybridized carbons (Fsp3) is 0.440. The van der Waals surface area contributed by atoms with Crippen LogP contribution >= 0.6 is 11.8 Å². The maximum Gasteiger partial charge on any atom is 0.344 e. The molecule has 4 heterocycles. The maximum atomic E-state index is 13.7. The van der Waals surface area contributed by atoms with E-state index in [4.69, 9.17) is 29.4 Å². The molecule has 2 aliphatic rings. The first kappa shape index (κ1) is 25.6. The van der Waals surface area contributed by atoms with Crippen molar-refractivity contribution in [2.24, 2.45) is 0 Å². The fourth-order valence-corrected chi connectivity index (χ4v) is 5.03. The van der Waals surface area contributed by atoms with Crippen LogP contribution in [0.5, 0.6) is 0 Å². The number of hydrogen-bond acceptors (Lipinski definition) is 11. The Morgan fingerprint density at radius 3 is 2.68 bits per heavy atom. The highest BCUT2D eigenvalue weighted by Crippen LogP contribution is 2.40. The Labute approximate surface area is 217 Å². The van der Waals surface area contributed by atoms with E-state index in [-0.39, 0.29) is 35.8 Å². The van der Waals surface area contributed by atoms with Gasteiger partial charge in [-0.15, -0.1) is 11.8 Å². The van der Waals surface area contributed by atoms with E-state index in [0.717, 1.165) is 5.56 Å². The summed E-state index contributed by atoms with van der Waals surface area (Å²) in [7, 11) is 0. The number of ether oxygens (including phenoxy) is 5. The molecule has 2 aromatic heterocycles. The molecule has 4 atom stereocenters. The second-order valence-electron chi connectivity index (χ2n) is 9.05. The second kappa shape index (κ2) is 10.0. The van der Waals surface area contributed by atoms with Crippen molar-refractivity contribution >= 4 is 35.0 Å². The van der Waals surface area contributed by atoms with Crippen LogP contribution in [0.3, 0.4) is 0 Å². The number of nitrogens with zero attached hydrogens (tertiary/aromatic N) is 3. The van der Waals surface area contributed by atoms with E-state index >= 15 is 0 Å². The van der Waals surface area contributed by atoms with Gasteiger partial charge in [0, 0.05) is 6.20 Å². The number of ketones is 1. The van der Waals surface area contributed by atoms with Gasteiger partial charge in [0.25, 0.3) is 0 Å². The molecule has 11 nitrogen and oxygen atoms in total. The quantitative estimate of drug-likeness (QED) is 0.262. The standard InChI is InChI=1S/C25H28N4O7S/c1-5-32-23(31)15-21-27-11-14(20(26)29(21)28-22(15)37-4)16(30)17-18(33-12-13-9-7-6-8-10-13)19-24(34-17)36-25(2,3)35-19/h6-11,17-19,24H,5,12,26H2,1-4H3/t17-,18+,19-,24-/m1/s1.